The third-order valence-electron chi connectivity index (χ3n) is 1.26. The molecule has 0 unspecified atom stereocenters. The monoisotopic (exact) mass is 218 g/mol. The molecule has 0 aliphatic rings. The van der Waals surface area contributed by atoms with Gasteiger partial charge in [0.05, 0.1) is 0 Å². The summed E-state index contributed by atoms with van der Waals surface area (Å²) in [5, 5.41) is 0. The fourth-order valence-corrected chi connectivity index (χ4v) is 1.01. The summed E-state index contributed by atoms with van der Waals surface area (Å²) in [7, 11) is 0. The number of rotatable bonds is 4. The smallest absolute Gasteiger partial charge is 0 e. The molecule has 0 saturated heterocycles. The van der Waals surface area contributed by atoms with E-state index in [4.69, 9.17) is 1.41 Å². The van der Waals surface area contributed by atoms with Crippen LogP contribution >= 0.6 is 0 Å². The fourth-order valence-electron chi connectivity index (χ4n) is 1.01. The quantitative estimate of drug-likeness (QED) is 0.647. The standard InChI is InChI=1S/C8H17N.Y/c1-7(2)5-8(3,4)6-9;/h9H,5-6H2,1-4H3;/q-2;/i/hT. The number of nitrogens with one attached hydrogen (secondary N) is 1. The molecule has 0 aromatic carbocycles. The SMILES string of the molecule is [3H][N-]CC(C)(C)C[C-](C)C.[Y]. The van der Waals surface area contributed by atoms with Gasteiger partial charge >= 0.3 is 0 Å². The maximum Gasteiger partial charge on any atom is 0 e. The predicted molar refractivity (Wildman–Crippen MR) is 42.2 cm³/mol. The molecule has 1 radical (unpaired) electrons. The Morgan fingerprint density at radius 3 is 2.30 bits per heavy atom. The first-order valence-electron chi connectivity index (χ1n) is 3.82. The van der Waals surface area contributed by atoms with E-state index in [2.05, 4.69) is 33.4 Å². The minimum Gasteiger partial charge on any atom is -0.677 e. The van der Waals surface area contributed by atoms with E-state index in [-0.39, 0.29) is 38.1 Å². The first-order chi connectivity index (χ1) is 4.48. The third-order valence-corrected chi connectivity index (χ3v) is 1.26. The maximum atomic E-state index is 6.72. The molecule has 0 bridgehead atoms. The molecule has 2 heteroatoms. The van der Waals surface area contributed by atoms with Gasteiger partial charge in [-0.05, 0) is 0 Å². The number of hydrogen-bond acceptors (Lipinski definition) is 0. The Balaban J connectivity index is 0. The zero-order valence-electron chi connectivity index (χ0n) is 8.44. The Morgan fingerprint density at radius 1 is 1.50 bits per heavy atom. The van der Waals surface area contributed by atoms with Gasteiger partial charge in [0, 0.05) is 32.7 Å². The molecule has 0 aliphatic heterocycles. The van der Waals surface area contributed by atoms with Crippen molar-refractivity contribution in [2.45, 2.75) is 34.1 Å². The molecule has 0 fully saturated rings. The largest absolute Gasteiger partial charge is 0.677 e. The van der Waals surface area contributed by atoms with Crippen LogP contribution in [0.4, 0.5) is 0 Å². The molecule has 1 N–H and O–H groups in total. The first-order valence-corrected chi connectivity index (χ1v) is 3.38. The van der Waals surface area contributed by atoms with E-state index in [1.807, 2.05) is 0 Å². The van der Waals surface area contributed by atoms with Crippen LogP contribution in [0, 0.1) is 11.3 Å². The van der Waals surface area contributed by atoms with E-state index in [1.54, 1.807) is 0 Å². The van der Waals surface area contributed by atoms with E-state index in [0.717, 1.165) is 6.42 Å². The number of hydrogen-bond donors (Lipinski definition) is 0. The Kier molecular flexibility index (Phi) is 6.29. The van der Waals surface area contributed by atoms with Gasteiger partial charge in [-0.2, -0.15) is 21.7 Å². The average molecular weight is 218 g/mol. The van der Waals surface area contributed by atoms with Crippen molar-refractivity contribution < 1.29 is 34.1 Å². The second-order valence-electron chi connectivity index (χ2n) is 3.71. The van der Waals surface area contributed by atoms with Gasteiger partial charge in [-0.15, -0.1) is 6.54 Å². The molecule has 0 atom stereocenters. The Hall–Kier alpha value is 1.06. The Bertz CT molecular complexity index is 94.1. The van der Waals surface area contributed by atoms with E-state index < -0.39 is 0 Å². The van der Waals surface area contributed by atoms with Crippen LogP contribution in [0.1, 0.15) is 34.1 Å². The summed E-state index contributed by atoms with van der Waals surface area (Å²) in [5.74, 6) is 1.41. The van der Waals surface area contributed by atoms with E-state index in [1.165, 1.54) is 5.92 Å². The van der Waals surface area contributed by atoms with Gasteiger partial charge < -0.3 is 11.6 Å². The van der Waals surface area contributed by atoms with Crippen molar-refractivity contribution >= 4 is 0 Å². The summed E-state index contributed by atoms with van der Waals surface area (Å²) in [4.78, 5) is 0. The molecule has 0 aliphatic carbocycles. The fraction of sp³-hybridized carbons (Fsp3) is 0.875. The van der Waals surface area contributed by atoms with Gasteiger partial charge in [0.1, 0.15) is 0 Å². The second-order valence-corrected chi connectivity index (χ2v) is 3.71. The normalized spacial score (nSPS) is 12.7. The van der Waals surface area contributed by atoms with Gasteiger partial charge in [0.2, 0.25) is 0 Å². The molecule has 10 heavy (non-hydrogen) atoms. The van der Waals surface area contributed by atoms with Crippen LogP contribution in [0.3, 0.4) is 0 Å². The summed E-state index contributed by atoms with van der Waals surface area (Å²) in [5.41, 5.74) is 3.58. The van der Waals surface area contributed by atoms with Crippen molar-refractivity contribution in [3.8, 4) is 0 Å². The molecule has 1 nitrogen and oxygen atoms in total. The van der Waals surface area contributed by atoms with Crippen molar-refractivity contribution in [1.82, 2.24) is 0 Å². The van der Waals surface area contributed by atoms with Crippen molar-refractivity contribution in [2.75, 3.05) is 6.54 Å². The van der Waals surface area contributed by atoms with Gasteiger partial charge in [-0.1, -0.05) is 19.3 Å². The summed E-state index contributed by atoms with van der Waals surface area (Å²) in [6, 6.07) is 0. The zero-order valence-corrected chi connectivity index (χ0v) is 10.3. The van der Waals surface area contributed by atoms with Gasteiger partial charge in [0.15, 0.2) is 0 Å². The Morgan fingerprint density at radius 2 is 2.00 bits per heavy atom. The predicted octanol–water partition coefficient (Wildman–Crippen LogP) is 3.07. The van der Waals surface area contributed by atoms with Crippen molar-refractivity contribution in [1.29, 1.82) is 0 Å². The molecule has 59 valence electrons. The second kappa shape index (κ2) is 5.68. The van der Waals surface area contributed by atoms with Gasteiger partial charge in [-0.3, -0.25) is 0 Å². The molecular formula is C8H17NY-2. The molecule has 0 aromatic heterocycles. The van der Waals surface area contributed by atoms with Crippen LogP contribution in [0.5, 0.6) is 0 Å². The summed E-state index contributed by atoms with van der Waals surface area (Å²) >= 11 is 0. The average Bonchev–Trinajstić information content (AvgIpc) is 1.59. The van der Waals surface area contributed by atoms with Crippen LogP contribution < -0.4 is 0 Å². The topological polar surface area (TPSA) is 23.8 Å². The molecular weight excluding hydrogens is 199 g/mol. The van der Waals surface area contributed by atoms with E-state index in [9.17, 15) is 0 Å². The maximum absolute atomic E-state index is 6.72. The minimum atomic E-state index is 0. The molecule has 0 rings (SSSR count). The van der Waals surface area contributed by atoms with Crippen LogP contribution in [0.15, 0.2) is 0 Å². The van der Waals surface area contributed by atoms with E-state index >= 15 is 0 Å². The van der Waals surface area contributed by atoms with Crippen LogP contribution in [-0.4, -0.2) is 6.54 Å². The molecule has 0 amide bonds. The molecule has 0 aromatic rings. The van der Waals surface area contributed by atoms with Crippen LogP contribution in [-0.2, 0) is 32.7 Å². The van der Waals surface area contributed by atoms with Crippen LogP contribution in [0.2, 0.25) is 1.41 Å². The summed E-state index contributed by atoms with van der Waals surface area (Å²) in [6.07, 6.45) is 1.06. The Labute approximate surface area is 91.5 Å². The molecule has 0 heterocycles. The van der Waals surface area contributed by atoms with Crippen molar-refractivity contribution in [3.63, 3.8) is 0 Å². The van der Waals surface area contributed by atoms with Gasteiger partial charge in [0.25, 0.3) is 0 Å². The van der Waals surface area contributed by atoms with Crippen molar-refractivity contribution in [3.05, 3.63) is 11.6 Å². The van der Waals surface area contributed by atoms with Gasteiger partial charge in [-0.25, -0.2) is 0 Å². The zero-order chi connectivity index (χ0) is 8.20. The molecule has 0 saturated carbocycles. The molecule has 0 spiro atoms. The third kappa shape index (κ3) is 7.17. The first kappa shape index (κ1) is 11.1. The minimum absolute atomic E-state index is 0. The van der Waals surface area contributed by atoms with Crippen LogP contribution in [0.25, 0.3) is 5.73 Å². The summed E-state index contributed by atoms with van der Waals surface area (Å²) in [6.45, 7) is 9.14. The summed E-state index contributed by atoms with van der Waals surface area (Å²) < 4.78 is 6.72. The van der Waals surface area contributed by atoms with Crippen molar-refractivity contribution in [2.24, 2.45) is 5.41 Å². The van der Waals surface area contributed by atoms with E-state index in [0.29, 0.717) is 6.54 Å².